The lowest BCUT2D eigenvalue weighted by molar-refractivity contribution is -0.131. The van der Waals surface area contributed by atoms with Crippen LogP contribution in [0.15, 0.2) is 0 Å². The number of aliphatic hydroxyl groups is 1. The molecular formula is C9H18ClNO3. The van der Waals surface area contributed by atoms with Gasteiger partial charge >= 0.3 is 0 Å². The molecule has 0 fully saturated rings. The lowest BCUT2D eigenvalue weighted by Crippen LogP contribution is -2.36. The van der Waals surface area contributed by atoms with Crippen molar-refractivity contribution >= 4 is 17.5 Å². The average Bonchev–Trinajstić information content (AvgIpc) is 2.14. The summed E-state index contributed by atoms with van der Waals surface area (Å²) in [5, 5.41) is 9.35. The molecule has 14 heavy (non-hydrogen) atoms. The summed E-state index contributed by atoms with van der Waals surface area (Å²) in [7, 11) is 3.17. The molecule has 0 aliphatic rings. The molecule has 0 saturated heterocycles. The van der Waals surface area contributed by atoms with E-state index in [1.165, 1.54) is 12.0 Å². The topological polar surface area (TPSA) is 49.8 Å². The second kappa shape index (κ2) is 8.03. The fraction of sp³-hybridized carbons (Fsp3) is 0.889. The molecule has 1 atom stereocenters. The van der Waals surface area contributed by atoms with Crippen LogP contribution in [0.4, 0.5) is 0 Å². The highest BCUT2D eigenvalue weighted by molar-refractivity contribution is 6.17. The molecule has 84 valence electrons. The van der Waals surface area contributed by atoms with Gasteiger partial charge in [0.25, 0.3) is 0 Å². The number of carbonyl (C=O) groups is 1. The first-order chi connectivity index (χ1) is 6.61. The molecule has 0 spiro atoms. The molecule has 0 aromatic rings. The van der Waals surface area contributed by atoms with Crippen molar-refractivity contribution in [2.75, 3.05) is 33.2 Å². The Labute approximate surface area is 89.8 Å². The highest BCUT2D eigenvalue weighted by Gasteiger charge is 2.12. The summed E-state index contributed by atoms with van der Waals surface area (Å²) in [6.45, 7) is 0.544. The van der Waals surface area contributed by atoms with Crippen LogP contribution in [0.25, 0.3) is 0 Å². The van der Waals surface area contributed by atoms with Crippen LogP contribution in [0.3, 0.4) is 0 Å². The first kappa shape index (κ1) is 13.7. The smallest absolute Gasteiger partial charge is 0.222 e. The van der Waals surface area contributed by atoms with Crippen LogP contribution in [0.2, 0.25) is 0 Å². The Morgan fingerprint density at radius 1 is 1.64 bits per heavy atom. The zero-order chi connectivity index (χ0) is 11.0. The van der Waals surface area contributed by atoms with Crippen molar-refractivity contribution in [3.8, 4) is 0 Å². The molecule has 0 rings (SSSR count). The SMILES string of the molecule is COCC(O)CN(C)C(=O)CCCCl. The number of hydrogen-bond acceptors (Lipinski definition) is 3. The van der Waals surface area contributed by atoms with Crippen molar-refractivity contribution in [1.29, 1.82) is 0 Å². The molecule has 0 aliphatic carbocycles. The Balaban J connectivity index is 3.70. The second-order valence-corrected chi connectivity index (χ2v) is 3.55. The van der Waals surface area contributed by atoms with Crippen molar-refractivity contribution in [1.82, 2.24) is 4.90 Å². The largest absolute Gasteiger partial charge is 0.389 e. The standard InChI is InChI=1S/C9H18ClNO3/c1-11(6-8(12)7-14-2)9(13)4-3-5-10/h8,12H,3-7H2,1-2H3. The van der Waals surface area contributed by atoms with Gasteiger partial charge in [-0.15, -0.1) is 11.6 Å². The van der Waals surface area contributed by atoms with Crippen molar-refractivity contribution in [2.45, 2.75) is 18.9 Å². The lowest BCUT2D eigenvalue weighted by atomic mass is 10.3. The maximum atomic E-state index is 11.4. The Hall–Kier alpha value is -0.320. The number of amides is 1. The minimum Gasteiger partial charge on any atom is -0.389 e. The molecule has 0 aliphatic heterocycles. The number of methoxy groups -OCH3 is 1. The summed E-state index contributed by atoms with van der Waals surface area (Å²) >= 11 is 5.47. The van der Waals surface area contributed by atoms with Crippen molar-refractivity contribution in [3.63, 3.8) is 0 Å². The number of carbonyl (C=O) groups excluding carboxylic acids is 1. The predicted octanol–water partition coefficient (Wildman–Crippen LogP) is 0.471. The van der Waals surface area contributed by atoms with E-state index in [4.69, 9.17) is 16.3 Å². The van der Waals surface area contributed by atoms with Gasteiger partial charge in [0.1, 0.15) is 0 Å². The van der Waals surface area contributed by atoms with E-state index in [-0.39, 0.29) is 12.5 Å². The number of ether oxygens (including phenoxy) is 1. The Kier molecular flexibility index (Phi) is 7.84. The summed E-state index contributed by atoms with van der Waals surface area (Å²) in [6.07, 6.45) is 0.482. The van der Waals surface area contributed by atoms with E-state index in [1.54, 1.807) is 7.05 Å². The maximum absolute atomic E-state index is 11.4. The summed E-state index contributed by atoms with van der Waals surface area (Å²) in [4.78, 5) is 12.9. The molecule has 0 heterocycles. The number of hydrogen-bond donors (Lipinski definition) is 1. The zero-order valence-electron chi connectivity index (χ0n) is 8.70. The third kappa shape index (κ3) is 6.18. The van der Waals surface area contributed by atoms with Gasteiger partial charge in [-0.05, 0) is 6.42 Å². The van der Waals surface area contributed by atoms with E-state index in [1.807, 2.05) is 0 Å². The monoisotopic (exact) mass is 223 g/mol. The predicted molar refractivity (Wildman–Crippen MR) is 55.5 cm³/mol. The maximum Gasteiger partial charge on any atom is 0.222 e. The van der Waals surface area contributed by atoms with E-state index in [2.05, 4.69) is 0 Å². The molecule has 0 saturated carbocycles. The minimum atomic E-state index is -0.620. The average molecular weight is 224 g/mol. The highest BCUT2D eigenvalue weighted by atomic mass is 35.5. The van der Waals surface area contributed by atoms with E-state index in [0.717, 1.165) is 0 Å². The van der Waals surface area contributed by atoms with Gasteiger partial charge in [-0.3, -0.25) is 4.79 Å². The second-order valence-electron chi connectivity index (χ2n) is 3.18. The molecule has 0 aromatic heterocycles. The molecule has 1 N–H and O–H groups in total. The van der Waals surface area contributed by atoms with Crippen molar-refractivity contribution in [2.24, 2.45) is 0 Å². The molecule has 0 aromatic carbocycles. The van der Waals surface area contributed by atoms with Crippen LogP contribution in [0.1, 0.15) is 12.8 Å². The van der Waals surface area contributed by atoms with E-state index in [9.17, 15) is 9.90 Å². The van der Waals surface area contributed by atoms with E-state index < -0.39 is 6.10 Å². The number of likely N-dealkylation sites (N-methyl/N-ethyl adjacent to an activating group) is 1. The van der Waals surface area contributed by atoms with Gasteiger partial charge < -0.3 is 14.7 Å². The first-order valence-corrected chi connectivity index (χ1v) is 5.12. The van der Waals surface area contributed by atoms with Crippen molar-refractivity contribution in [3.05, 3.63) is 0 Å². The Morgan fingerprint density at radius 2 is 2.29 bits per heavy atom. The van der Waals surface area contributed by atoms with Gasteiger partial charge in [-0.25, -0.2) is 0 Å². The van der Waals surface area contributed by atoms with Gasteiger partial charge in [0.15, 0.2) is 0 Å². The van der Waals surface area contributed by atoms with Crippen LogP contribution < -0.4 is 0 Å². The van der Waals surface area contributed by atoms with Crippen LogP contribution in [-0.4, -0.2) is 55.2 Å². The molecular weight excluding hydrogens is 206 g/mol. The summed E-state index contributed by atoms with van der Waals surface area (Å²) in [5.41, 5.74) is 0. The fourth-order valence-corrected chi connectivity index (χ4v) is 1.21. The molecule has 0 bridgehead atoms. The van der Waals surface area contributed by atoms with Gasteiger partial charge in [0.05, 0.1) is 12.7 Å². The fourth-order valence-electron chi connectivity index (χ4n) is 1.07. The molecule has 1 amide bonds. The normalized spacial score (nSPS) is 12.6. The number of aliphatic hydroxyl groups excluding tert-OH is 1. The van der Waals surface area contributed by atoms with E-state index in [0.29, 0.717) is 25.3 Å². The quantitative estimate of drug-likeness (QED) is 0.639. The van der Waals surface area contributed by atoms with Crippen LogP contribution in [-0.2, 0) is 9.53 Å². The van der Waals surface area contributed by atoms with Crippen LogP contribution in [0, 0.1) is 0 Å². The first-order valence-electron chi connectivity index (χ1n) is 4.58. The molecule has 5 heteroatoms. The number of rotatable bonds is 7. The number of halogens is 1. The lowest BCUT2D eigenvalue weighted by Gasteiger charge is -2.20. The molecule has 0 radical (unpaired) electrons. The third-order valence-electron chi connectivity index (χ3n) is 1.79. The van der Waals surface area contributed by atoms with Crippen LogP contribution in [0.5, 0.6) is 0 Å². The Bertz CT molecular complexity index is 166. The molecule has 4 nitrogen and oxygen atoms in total. The van der Waals surface area contributed by atoms with E-state index >= 15 is 0 Å². The number of alkyl halides is 1. The van der Waals surface area contributed by atoms with Gasteiger partial charge in [-0.2, -0.15) is 0 Å². The highest BCUT2D eigenvalue weighted by Crippen LogP contribution is 1.98. The zero-order valence-corrected chi connectivity index (χ0v) is 9.46. The van der Waals surface area contributed by atoms with Gasteiger partial charge in [0.2, 0.25) is 5.91 Å². The minimum absolute atomic E-state index is 0.000744. The Morgan fingerprint density at radius 3 is 2.79 bits per heavy atom. The summed E-state index contributed by atoms with van der Waals surface area (Å²) in [5.74, 6) is 0.487. The van der Waals surface area contributed by atoms with Gasteiger partial charge in [0, 0.05) is 33.0 Å². The van der Waals surface area contributed by atoms with Gasteiger partial charge in [-0.1, -0.05) is 0 Å². The van der Waals surface area contributed by atoms with Crippen LogP contribution >= 0.6 is 11.6 Å². The summed E-state index contributed by atoms with van der Waals surface area (Å²) < 4.78 is 4.76. The molecule has 1 unspecified atom stereocenters. The number of nitrogens with zero attached hydrogens (tertiary/aromatic N) is 1. The summed E-state index contributed by atoms with van der Waals surface area (Å²) in [6, 6.07) is 0. The van der Waals surface area contributed by atoms with Crippen molar-refractivity contribution < 1.29 is 14.6 Å². The third-order valence-corrected chi connectivity index (χ3v) is 2.06.